The summed E-state index contributed by atoms with van der Waals surface area (Å²) in [4.78, 5) is 11.7. The number of hydrazine groups is 1. The predicted octanol–water partition coefficient (Wildman–Crippen LogP) is 4.61. The van der Waals surface area contributed by atoms with E-state index in [4.69, 9.17) is 11.6 Å². The smallest absolute Gasteiger partial charge is 0.287 e. The molecule has 3 nitrogen and oxygen atoms in total. The molecule has 128 valence electrons. The van der Waals surface area contributed by atoms with Crippen molar-refractivity contribution in [3.8, 4) is 0 Å². The van der Waals surface area contributed by atoms with Crippen LogP contribution in [-0.4, -0.2) is 22.6 Å². The Morgan fingerprint density at radius 1 is 1.17 bits per heavy atom. The van der Waals surface area contributed by atoms with E-state index in [1.165, 1.54) is 12.1 Å². The lowest BCUT2D eigenvalue weighted by Crippen LogP contribution is -2.51. The molecule has 1 saturated heterocycles. The predicted molar refractivity (Wildman–Crippen MR) is 86.4 cm³/mol. The van der Waals surface area contributed by atoms with Gasteiger partial charge in [0, 0.05) is 22.4 Å². The monoisotopic (exact) mass is 356 g/mol. The van der Waals surface area contributed by atoms with Gasteiger partial charge in [-0.15, -0.1) is 0 Å². The molecule has 0 unspecified atom stereocenters. The number of halogens is 4. The maximum absolute atomic E-state index is 13.9. The molecule has 0 saturated carbocycles. The normalized spacial score (nSPS) is 19.5. The molecule has 1 atom stereocenters. The molecule has 0 aliphatic carbocycles. The van der Waals surface area contributed by atoms with Crippen molar-refractivity contribution >= 4 is 28.3 Å². The second-order valence-corrected chi connectivity index (χ2v) is 6.93. The van der Waals surface area contributed by atoms with Gasteiger partial charge in [0.2, 0.25) is 5.91 Å². The van der Waals surface area contributed by atoms with Crippen LogP contribution in [0.4, 0.5) is 13.2 Å². The summed E-state index contributed by atoms with van der Waals surface area (Å²) in [6.45, 7) is 3.23. The van der Waals surface area contributed by atoms with Crippen molar-refractivity contribution in [1.82, 2.24) is 10.4 Å². The number of rotatable bonds is 2. The molecule has 1 N–H and O–H groups in total. The lowest BCUT2D eigenvalue weighted by Gasteiger charge is -2.38. The standard InChI is InChI=1S/C17H16ClF3N2O/c1-16(2)9-14(24)22-23(16)15(17(19,20)21)12-7-8-13(18)11-6-4-3-5-10(11)12/h3-8,15H,9H2,1-2H3,(H,22,24)/t15-/m0/s1. The molecule has 3 rings (SSSR count). The van der Waals surface area contributed by atoms with E-state index in [0.29, 0.717) is 15.8 Å². The zero-order valence-electron chi connectivity index (χ0n) is 13.1. The largest absolute Gasteiger partial charge is 0.409 e. The Hall–Kier alpha value is -1.79. The van der Waals surface area contributed by atoms with Crippen LogP contribution in [-0.2, 0) is 4.79 Å². The number of benzene rings is 2. The van der Waals surface area contributed by atoms with Crippen LogP contribution in [0.5, 0.6) is 0 Å². The Labute approximate surface area is 142 Å². The molecule has 1 fully saturated rings. The summed E-state index contributed by atoms with van der Waals surface area (Å²) >= 11 is 6.12. The zero-order chi connectivity index (χ0) is 17.7. The quantitative estimate of drug-likeness (QED) is 0.852. The van der Waals surface area contributed by atoms with Crippen LogP contribution in [0, 0.1) is 0 Å². The molecule has 2 aromatic carbocycles. The third-order valence-corrected chi connectivity index (χ3v) is 4.59. The van der Waals surface area contributed by atoms with E-state index < -0.39 is 23.7 Å². The van der Waals surface area contributed by atoms with Gasteiger partial charge in [0.05, 0.1) is 0 Å². The third-order valence-electron chi connectivity index (χ3n) is 4.26. The Bertz CT molecular complexity index is 804. The topological polar surface area (TPSA) is 32.3 Å². The van der Waals surface area contributed by atoms with Gasteiger partial charge in [-0.25, -0.2) is 0 Å². The maximum Gasteiger partial charge on any atom is 0.409 e. The molecule has 1 amide bonds. The molecule has 7 heteroatoms. The van der Waals surface area contributed by atoms with Crippen LogP contribution in [0.2, 0.25) is 5.02 Å². The lowest BCUT2D eigenvalue weighted by atomic mass is 9.94. The average molecular weight is 357 g/mol. The van der Waals surface area contributed by atoms with E-state index >= 15 is 0 Å². The molecule has 0 aromatic heterocycles. The first kappa shape index (κ1) is 17.0. The van der Waals surface area contributed by atoms with E-state index in [9.17, 15) is 18.0 Å². The molecule has 24 heavy (non-hydrogen) atoms. The van der Waals surface area contributed by atoms with Crippen LogP contribution in [0.15, 0.2) is 36.4 Å². The number of fused-ring (bicyclic) bond motifs is 1. The molecule has 1 aliphatic rings. The number of nitrogens with one attached hydrogen (secondary N) is 1. The minimum Gasteiger partial charge on any atom is -0.287 e. The van der Waals surface area contributed by atoms with Crippen molar-refractivity contribution in [2.24, 2.45) is 0 Å². The summed E-state index contributed by atoms with van der Waals surface area (Å²) in [6.07, 6.45) is -4.56. The first-order chi connectivity index (χ1) is 11.1. The number of carbonyl (C=O) groups is 1. The van der Waals surface area contributed by atoms with Crippen molar-refractivity contribution in [2.45, 2.75) is 38.0 Å². The lowest BCUT2D eigenvalue weighted by molar-refractivity contribution is -0.203. The van der Waals surface area contributed by atoms with E-state index in [1.54, 1.807) is 38.1 Å². The van der Waals surface area contributed by atoms with Crippen molar-refractivity contribution in [3.63, 3.8) is 0 Å². The van der Waals surface area contributed by atoms with Gasteiger partial charge in [-0.1, -0.05) is 41.9 Å². The maximum atomic E-state index is 13.9. The second kappa shape index (κ2) is 5.63. The van der Waals surface area contributed by atoms with Gasteiger partial charge in [-0.3, -0.25) is 10.2 Å². The van der Waals surface area contributed by atoms with E-state index in [-0.39, 0.29) is 12.0 Å². The fourth-order valence-electron chi connectivity index (χ4n) is 3.20. The van der Waals surface area contributed by atoms with Crippen molar-refractivity contribution in [1.29, 1.82) is 0 Å². The highest BCUT2D eigenvalue weighted by molar-refractivity contribution is 6.35. The number of alkyl halides is 3. The highest BCUT2D eigenvalue weighted by atomic mass is 35.5. The number of hydrogen-bond donors (Lipinski definition) is 1. The molecular weight excluding hydrogens is 341 g/mol. The second-order valence-electron chi connectivity index (χ2n) is 6.52. The summed E-state index contributed by atoms with van der Waals surface area (Å²) in [7, 11) is 0. The highest BCUT2D eigenvalue weighted by Gasteiger charge is 2.53. The first-order valence-corrected chi connectivity index (χ1v) is 7.82. The van der Waals surface area contributed by atoms with Crippen LogP contribution in [0.25, 0.3) is 10.8 Å². The molecule has 1 heterocycles. The van der Waals surface area contributed by atoms with Crippen LogP contribution in [0.1, 0.15) is 31.9 Å². The molecule has 0 spiro atoms. The van der Waals surface area contributed by atoms with Gasteiger partial charge in [-0.2, -0.15) is 18.2 Å². The van der Waals surface area contributed by atoms with E-state index in [0.717, 1.165) is 5.01 Å². The number of amides is 1. The molecule has 0 bridgehead atoms. The molecule has 2 aromatic rings. The summed E-state index contributed by atoms with van der Waals surface area (Å²) in [5.74, 6) is -0.424. The Balaban J connectivity index is 2.22. The summed E-state index contributed by atoms with van der Waals surface area (Å²) < 4.78 is 41.8. The fourth-order valence-corrected chi connectivity index (χ4v) is 3.43. The van der Waals surface area contributed by atoms with Crippen LogP contribution >= 0.6 is 11.6 Å². The van der Waals surface area contributed by atoms with Gasteiger partial charge in [-0.05, 0) is 30.9 Å². The molecule has 1 aliphatic heterocycles. The number of nitrogens with zero attached hydrogens (tertiary/aromatic N) is 1. The van der Waals surface area contributed by atoms with Crippen LogP contribution < -0.4 is 5.43 Å². The summed E-state index contributed by atoms with van der Waals surface area (Å²) in [5.41, 5.74) is 1.48. The summed E-state index contributed by atoms with van der Waals surface area (Å²) in [6, 6.07) is 7.57. The van der Waals surface area contributed by atoms with E-state index in [1.807, 2.05) is 0 Å². The van der Waals surface area contributed by atoms with Crippen molar-refractivity contribution in [2.75, 3.05) is 0 Å². The Morgan fingerprint density at radius 3 is 2.33 bits per heavy atom. The number of carbonyl (C=O) groups excluding carboxylic acids is 1. The van der Waals surface area contributed by atoms with E-state index in [2.05, 4.69) is 5.43 Å². The Morgan fingerprint density at radius 2 is 1.79 bits per heavy atom. The van der Waals surface area contributed by atoms with Crippen molar-refractivity contribution < 1.29 is 18.0 Å². The Kier molecular flexibility index (Phi) is 4.00. The molecular formula is C17H16ClF3N2O. The SMILES string of the molecule is CC1(C)CC(=O)NN1[C@@H](c1ccc(Cl)c2ccccc12)C(F)(F)F. The highest BCUT2D eigenvalue weighted by Crippen LogP contribution is 2.45. The zero-order valence-corrected chi connectivity index (χ0v) is 13.9. The minimum absolute atomic E-state index is 0.00506. The number of hydrogen-bond acceptors (Lipinski definition) is 2. The minimum atomic E-state index is -4.56. The first-order valence-electron chi connectivity index (χ1n) is 7.44. The van der Waals surface area contributed by atoms with Gasteiger partial charge < -0.3 is 0 Å². The van der Waals surface area contributed by atoms with Crippen LogP contribution in [0.3, 0.4) is 0 Å². The van der Waals surface area contributed by atoms with Gasteiger partial charge in [0.15, 0.2) is 6.04 Å². The summed E-state index contributed by atoms with van der Waals surface area (Å²) in [5, 5.41) is 2.36. The fraction of sp³-hybridized carbons (Fsp3) is 0.353. The van der Waals surface area contributed by atoms with Gasteiger partial charge in [0.25, 0.3) is 0 Å². The average Bonchev–Trinajstić information content (AvgIpc) is 2.73. The van der Waals surface area contributed by atoms with Gasteiger partial charge >= 0.3 is 6.18 Å². The van der Waals surface area contributed by atoms with Gasteiger partial charge in [0.1, 0.15) is 0 Å². The third kappa shape index (κ3) is 2.84. The molecule has 0 radical (unpaired) electrons. The van der Waals surface area contributed by atoms with Crippen molar-refractivity contribution in [3.05, 3.63) is 47.0 Å².